The molecule has 0 spiro atoms. The van der Waals surface area contributed by atoms with Gasteiger partial charge in [-0.25, -0.2) is 4.39 Å². The SMILES string of the molecule is B.CCCC(N)F. The van der Waals surface area contributed by atoms with E-state index in [1.807, 2.05) is 6.92 Å². The molecule has 0 saturated carbocycles. The fourth-order valence-electron chi connectivity index (χ4n) is 0.276. The second-order valence-corrected chi connectivity index (χ2v) is 1.30. The molecule has 1 unspecified atom stereocenters. The van der Waals surface area contributed by atoms with E-state index in [2.05, 4.69) is 0 Å². The molecule has 0 aliphatic heterocycles. The number of halogens is 1. The Morgan fingerprint density at radius 3 is 2.14 bits per heavy atom. The van der Waals surface area contributed by atoms with Crippen molar-refractivity contribution in [3.05, 3.63) is 0 Å². The first-order valence-corrected chi connectivity index (χ1v) is 2.17. The highest BCUT2D eigenvalue weighted by molar-refractivity contribution is 5.75. The number of alkyl halides is 1. The monoisotopic (exact) mass is 105 g/mol. The normalized spacial score (nSPS) is 12.4. The van der Waals surface area contributed by atoms with Gasteiger partial charge >= 0.3 is 0 Å². The zero-order valence-corrected chi connectivity index (χ0v) is 3.95. The predicted octanol–water partition coefficient (Wildman–Crippen LogP) is -0.143. The van der Waals surface area contributed by atoms with Gasteiger partial charge in [0.25, 0.3) is 0 Å². The van der Waals surface area contributed by atoms with E-state index >= 15 is 0 Å². The van der Waals surface area contributed by atoms with Crippen molar-refractivity contribution in [1.82, 2.24) is 0 Å². The highest BCUT2D eigenvalue weighted by atomic mass is 19.1. The molecule has 3 heteroatoms. The van der Waals surface area contributed by atoms with Crippen LogP contribution < -0.4 is 5.73 Å². The van der Waals surface area contributed by atoms with Crippen LogP contribution in [0.3, 0.4) is 0 Å². The van der Waals surface area contributed by atoms with Crippen molar-refractivity contribution in [1.29, 1.82) is 0 Å². The molecule has 0 aromatic heterocycles. The smallest absolute Gasteiger partial charge is 0.148 e. The lowest BCUT2D eigenvalue weighted by molar-refractivity contribution is 0.322. The molecule has 7 heavy (non-hydrogen) atoms. The van der Waals surface area contributed by atoms with E-state index in [0.717, 1.165) is 6.42 Å². The quantitative estimate of drug-likeness (QED) is 0.383. The van der Waals surface area contributed by atoms with Crippen LogP contribution in [0.4, 0.5) is 4.39 Å². The molecule has 1 atom stereocenters. The minimum absolute atomic E-state index is 0. The molecule has 0 bridgehead atoms. The summed E-state index contributed by atoms with van der Waals surface area (Å²) in [5.41, 5.74) is 4.74. The number of hydrogen-bond donors (Lipinski definition) is 1. The largest absolute Gasteiger partial charge is 0.302 e. The molecule has 0 saturated heterocycles. The maximum Gasteiger partial charge on any atom is 0.148 e. The highest BCUT2D eigenvalue weighted by Crippen LogP contribution is 1.90. The van der Waals surface area contributed by atoms with E-state index in [1.54, 1.807) is 0 Å². The van der Waals surface area contributed by atoms with Crippen molar-refractivity contribution in [2.45, 2.75) is 26.1 Å². The number of rotatable bonds is 2. The van der Waals surface area contributed by atoms with Gasteiger partial charge in [-0.15, -0.1) is 0 Å². The second-order valence-electron chi connectivity index (χ2n) is 1.30. The molecule has 0 aliphatic carbocycles. The number of hydrogen-bond acceptors (Lipinski definition) is 1. The van der Waals surface area contributed by atoms with E-state index in [-0.39, 0.29) is 8.41 Å². The molecule has 0 radical (unpaired) electrons. The van der Waals surface area contributed by atoms with E-state index in [4.69, 9.17) is 5.73 Å². The number of nitrogens with two attached hydrogens (primary N) is 1. The Hall–Kier alpha value is -0.0451. The van der Waals surface area contributed by atoms with Crippen molar-refractivity contribution in [3.8, 4) is 0 Å². The lowest BCUT2D eigenvalue weighted by Crippen LogP contribution is -2.11. The minimum Gasteiger partial charge on any atom is -0.302 e. The molecule has 0 aliphatic rings. The van der Waals surface area contributed by atoms with Crippen LogP contribution in [0.2, 0.25) is 0 Å². The van der Waals surface area contributed by atoms with E-state index < -0.39 is 6.30 Å². The first-order chi connectivity index (χ1) is 2.77. The summed E-state index contributed by atoms with van der Waals surface area (Å²) in [6.07, 6.45) is 0.215. The predicted molar refractivity (Wildman–Crippen MR) is 33.9 cm³/mol. The average Bonchev–Trinajstić information content (AvgIpc) is 1.35. The minimum atomic E-state index is -1.10. The highest BCUT2D eigenvalue weighted by Gasteiger charge is 1.90. The molecular formula is C4H13BFN. The first kappa shape index (κ1) is 10.0. The summed E-state index contributed by atoms with van der Waals surface area (Å²) in [6.45, 7) is 1.90. The molecule has 0 rings (SSSR count). The molecule has 0 fully saturated rings. The van der Waals surface area contributed by atoms with Gasteiger partial charge in [0.05, 0.1) is 8.41 Å². The molecular weight excluding hydrogens is 91.9 g/mol. The Bertz CT molecular complexity index is 32.9. The molecule has 0 heterocycles. The Balaban J connectivity index is 0. The lowest BCUT2D eigenvalue weighted by Gasteiger charge is -1.92. The lowest BCUT2D eigenvalue weighted by atomic mass is 10.3. The van der Waals surface area contributed by atoms with Gasteiger partial charge in [0.1, 0.15) is 6.30 Å². The summed E-state index contributed by atoms with van der Waals surface area (Å²) in [4.78, 5) is 0. The Morgan fingerprint density at radius 2 is 2.14 bits per heavy atom. The Labute approximate surface area is 45.7 Å². The van der Waals surface area contributed by atoms with Crippen LogP contribution in [-0.4, -0.2) is 14.7 Å². The average molecular weight is 105 g/mol. The van der Waals surface area contributed by atoms with Crippen molar-refractivity contribution < 1.29 is 4.39 Å². The molecule has 0 amide bonds. The summed E-state index contributed by atoms with van der Waals surface area (Å²) in [6, 6.07) is 0. The van der Waals surface area contributed by atoms with Gasteiger partial charge in [0.2, 0.25) is 0 Å². The fraction of sp³-hybridized carbons (Fsp3) is 1.00. The van der Waals surface area contributed by atoms with Crippen LogP contribution in [0.5, 0.6) is 0 Å². The molecule has 2 N–H and O–H groups in total. The summed E-state index contributed by atoms with van der Waals surface area (Å²) in [7, 11) is 0. The second kappa shape index (κ2) is 5.95. The third-order valence-electron chi connectivity index (χ3n) is 0.564. The zero-order valence-electron chi connectivity index (χ0n) is 3.95. The molecule has 0 aromatic rings. The van der Waals surface area contributed by atoms with Crippen molar-refractivity contribution in [2.75, 3.05) is 0 Å². The zero-order chi connectivity index (χ0) is 4.99. The summed E-state index contributed by atoms with van der Waals surface area (Å²) < 4.78 is 11.5. The van der Waals surface area contributed by atoms with Crippen molar-refractivity contribution >= 4 is 8.41 Å². The topological polar surface area (TPSA) is 26.0 Å². The van der Waals surface area contributed by atoms with Gasteiger partial charge in [0.15, 0.2) is 0 Å². The van der Waals surface area contributed by atoms with Crippen LogP contribution >= 0.6 is 0 Å². The third kappa shape index (κ3) is 10.7. The third-order valence-corrected chi connectivity index (χ3v) is 0.564. The van der Waals surface area contributed by atoms with Crippen LogP contribution in [0.15, 0.2) is 0 Å². The molecule has 0 aromatic carbocycles. The Morgan fingerprint density at radius 1 is 1.71 bits per heavy atom. The van der Waals surface area contributed by atoms with Crippen molar-refractivity contribution in [2.24, 2.45) is 5.73 Å². The molecule has 1 nitrogen and oxygen atoms in total. The summed E-state index contributed by atoms with van der Waals surface area (Å²) in [5.74, 6) is 0. The Kier molecular flexibility index (Phi) is 8.55. The van der Waals surface area contributed by atoms with Gasteiger partial charge in [-0.2, -0.15) is 0 Å². The van der Waals surface area contributed by atoms with Gasteiger partial charge in [0, 0.05) is 0 Å². The van der Waals surface area contributed by atoms with Crippen molar-refractivity contribution in [3.63, 3.8) is 0 Å². The maximum atomic E-state index is 11.5. The van der Waals surface area contributed by atoms with Crippen LogP contribution in [0, 0.1) is 0 Å². The summed E-state index contributed by atoms with van der Waals surface area (Å²) >= 11 is 0. The fourth-order valence-corrected chi connectivity index (χ4v) is 0.276. The van der Waals surface area contributed by atoms with Crippen LogP contribution in [-0.2, 0) is 0 Å². The first-order valence-electron chi connectivity index (χ1n) is 2.17. The van der Waals surface area contributed by atoms with Gasteiger partial charge in [-0.05, 0) is 6.42 Å². The van der Waals surface area contributed by atoms with Gasteiger partial charge in [-0.3, -0.25) is 0 Å². The van der Waals surface area contributed by atoms with Gasteiger partial charge in [-0.1, -0.05) is 13.3 Å². The van der Waals surface area contributed by atoms with E-state index in [9.17, 15) is 4.39 Å². The van der Waals surface area contributed by atoms with E-state index in [0.29, 0.717) is 6.42 Å². The van der Waals surface area contributed by atoms with Gasteiger partial charge < -0.3 is 5.73 Å². The molecule has 44 valence electrons. The van der Waals surface area contributed by atoms with E-state index in [1.165, 1.54) is 0 Å². The van der Waals surface area contributed by atoms with Crippen LogP contribution in [0.1, 0.15) is 19.8 Å². The summed E-state index contributed by atoms with van der Waals surface area (Å²) in [5, 5.41) is 0. The van der Waals surface area contributed by atoms with Crippen LogP contribution in [0.25, 0.3) is 0 Å². The standard InChI is InChI=1S/C4H10FN.BH3/c1-2-3-4(5)6;/h4H,2-3,6H2,1H3;1H3. The maximum absolute atomic E-state index is 11.5.